The molecule has 0 aliphatic carbocycles. The summed E-state index contributed by atoms with van der Waals surface area (Å²) in [6.45, 7) is 8.00. The van der Waals surface area contributed by atoms with Crippen LogP contribution in [0, 0.1) is 12.3 Å². The second-order valence-corrected chi connectivity index (χ2v) is 6.32. The van der Waals surface area contributed by atoms with Gasteiger partial charge in [0.1, 0.15) is 11.5 Å². The molecule has 0 aromatic carbocycles. The van der Waals surface area contributed by atoms with Crippen molar-refractivity contribution in [1.82, 2.24) is 15.8 Å². The number of hydrogen-bond acceptors (Lipinski definition) is 4. The molecule has 0 saturated carbocycles. The van der Waals surface area contributed by atoms with Gasteiger partial charge in [0.25, 0.3) is 0 Å². The molecule has 118 valence electrons. The smallest absolute Gasteiger partial charge is 0.315 e. The standard InChI is InChI=1S/C14H23N3O4/c1-9-5-11(17-21-9)8-15-13(20)16-10(6-12(18)19)7-14(2,3)4/h5,10H,6-8H2,1-4H3,(H,18,19)(H2,15,16,20). The molecule has 1 aromatic rings. The quantitative estimate of drug-likeness (QED) is 0.745. The fourth-order valence-electron chi connectivity index (χ4n) is 2.03. The van der Waals surface area contributed by atoms with Gasteiger partial charge in [0.05, 0.1) is 13.0 Å². The maximum Gasteiger partial charge on any atom is 0.315 e. The number of amides is 2. The summed E-state index contributed by atoms with van der Waals surface area (Å²) >= 11 is 0. The maximum absolute atomic E-state index is 11.8. The summed E-state index contributed by atoms with van der Waals surface area (Å²) in [7, 11) is 0. The Morgan fingerprint density at radius 3 is 2.57 bits per heavy atom. The van der Waals surface area contributed by atoms with Gasteiger partial charge < -0.3 is 20.3 Å². The van der Waals surface area contributed by atoms with Crippen LogP contribution in [0.1, 0.15) is 45.1 Å². The van der Waals surface area contributed by atoms with E-state index in [1.807, 2.05) is 20.8 Å². The monoisotopic (exact) mass is 297 g/mol. The minimum atomic E-state index is -0.934. The van der Waals surface area contributed by atoms with E-state index < -0.39 is 18.0 Å². The summed E-state index contributed by atoms with van der Waals surface area (Å²) in [5.41, 5.74) is 0.546. The van der Waals surface area contributed by atoms with Crippen LogP contribution in [-0.2, 0) is 11.3 Å². The molecular weight excluding hydrogens is 274 g/mol. The molecule has 0 aliphatic heterocycles. The van der Waals surface area contributed by atoms with E-state index in [1.54, 1.807) is 13.0 Å². The number of urea groups is 1. The van der Waals surface area contributed by atoms with Gasteiger partial charge in [0, 0.05) is 12.1 Å². The van der Waals surface area contributed by atoms with Crippen molar-refractivity contribution < 1.29 is 19.2 Å². The predicted octanol–water partition coefficient (Wildman–Crippen LogP) is 2.06. The van der Waals surface area contributed by atoms with Crippen LogP contribution in [0.4, 0.5) is 4.79 Å². The first-order valence-corrected chi connectivity index (χ1v) is 6.84. The van der Waals surface area contributed by atoms with Crippen molar-refractivity contribution in [2.75, 3.05) is 0 Å². The highest BCUT2D eigenvalue weighted by molar-refractivity contribution is 5.75. The second-order valence-electron chi connectivity index (χ2n) is 6.32. The van der Waals surface area contributed by atoms with Crippen LogP contribution < -0.4 is 10.6 Å². The highest BCUT2D eigenvalue weighted by Crippen LogP contribution is 2.22. The molecule has 1 atom stereocenters. The van der Waals surface area contributed by atoms with Crippen LogP contribution in [0.2, 0.25) is 0 Å². The molecule has 0 bridgehead atoms. The zero-order valence-electron chi connectivity index (χ0n) is 12.9. The van der Waals surface area contributed by atoms with Gasteiger partial charge >= 0.3 is 12.0 Å². The zero-order chi connectivity index (χ0) is 16.0. The lowest BCUT2D eigenvalue weighted by atomic mass is 9.87. The summed E-state index contributed by atoms with van der Waals surface area (Å²) in [4.78, 5) is 22.7. The summed E-state index contributed by atoms with van der Waals surface area (Å²) in [5.74, 6) is -0.264. The first-order valence-electron chi connectivity index (χ1n) is 6.84. The fraction of sp³-hybridized carbons (Fsp3) is 0.643. The molecular formula is C14H23N3O4. The van der Waals surface area contributed by atoms with Crippen LogP contribution >= 0.6 is 0 Å². The van der Waals surface area contributed by atoms with Crippen molar-refractivity contribution in [3.05, 3.63) is 17.5 Å². The van der Waals surface area contributed by atoms with Crippen LogP contribution in [0.15, 0.2) is 10.6 Å². The van der Waals surface area contributed by atoms with Gasteiger partial charge in [-0.2, -0.15) is 0 Å². The van der Waals surface area contributed by atoms with E-state index in [9.17, 15) is 9.59 Å². The molecule has 1 heterocycles. The van der Waals surface area contributed by atoms with Crippen molar-refractivity contribution in [3.8, 4) is 0 Å². The van der Waals surface area contributed by atoms with Crippen LogP contribution in [0.5, 0.6) is 0 Å². The highest BCUT2D eigenvalue weighted by atomic mass is 16.5. The lowest BCUT2D eigenvalue weighted by Gasteiger charge is -2.25. The second kappa shape index (κ2) is 7.10. The SMILES string of the molecule is Cc1cc(CNC(=O)NC(CC(=O)O)CC(C)(C)C)no1. The third kappa shape index (κ3) is 7.34. The lowest BCUT2D eigenvalue weighted by Crippen LogP contribution is -2.44. The van der Waals surface area contributed by atoms with Gasteiger partial charge in [0.2, 0.25) is 0 Å². The number of carbonyl (C=O) groups excluding carboxylic acids is 1. The van der Waals surface area contributed by atoms with Gasteiger partial charge in [-0.05, 0) is 18.8 Å². The van der Waals surface area contributed by atoms with Crippen molar-refractivity contribution in [2.24, 2.45) is 5.41 Å². The minimum absolute atomic E-state index is 0.0728. The number of rotatable bonds is 6. The van der Waals surface area contributed by atoms with Crippen LogP contribution in [-0.4, -0.2) is 28.3 Å². The molecule has 3 N–H and O–H groups in total. The number of nitrogens with zero attached hydrogens (tertiary/aromatic N) is 1. The van der Waals surface area contributed by atoms with Gasteiger partial charge in [0.15, 0.2) is 0 Å². The average Bonchev–Trinajstić information content (AvgIpc) is 2.69. The van der Waals surface area contributed by atoms with Gasteiger partial charge in [-0.3, -0.25) is 4.79 Å². The highest BCUT2D eigenvalue weighted by Gasteiger charge is 2.22. The first-order chi connectivity index (χ1) is 9.65. The molecule has 1 aromatic heterocycles. The molecule has 7 nitrogen and oxygen atoms in total. The number of carboxylic acids is 1. The van der Waals surface area contributed by atoms with E-state index in [0.717, 1.165) is 0 Å². The number of aromatic nitrogens is 1. The Bertz CT molecular complexity index is 491. The summed E-state index contributed by atoms with van der Waals surface area (Å²) < 4.78 is 4.90. The number of carboxylic acid groups (broad SMARTS) is 1. The summed E-state index contributed by atoms with van der Waals surface area (Å²) in [5, 5.41) is 18.0. The maximum atomic E-state index is 11.8. The number of nitrogens with one attached hydrogen (secondary N) is 2. The molecule has 0 aliphatic rings. The molecule has 7 heteroatoms. The van der Waals surface area contributed by atoms with E-state index in [4.69, 9.17) is 9.63 Å². The van der Waals surface area contributed by atoms with Crippen molar-refractivity contribution in [2.45, 2.75) is 53.1 Å². The summed E-state index contributed by atoms with van der Waals surface area (Å²) in [6, 6.07) is 0.900. The van der Waals surface area contributed by atoms with E-state index >= 15 is 0 Å². The van der Waals surface area contributed by atoms with E-state index in [0.29, 0.717) is 17.9 Å². The number of aryl methyl sites for hydroxylation is 1. The molecule has 0 saturated heterocycles. The Labute approximate surface area is 124 Å². The van der Waals surface area contributed by atoms with E-state index in [2.05, 4.69) is 15.8 Å². The van der Waals surface area contributed by atoms with Gasteiger partial charge in [-0.1, -0.05) is 25.9 Å². The Morgan fingerprint density at radius 2 is 2.10 bits per heavy atom. The molecule has 1 rings (SSSR count). The largest absolute Gasteiger partial charge is 0.481 e. The summed E-state index contributed by atoms with van der Waals surface area (Å²) in [6.07, 6.45) is 0.476. The molecule has 0 fully saturated rings. The molecule has 1 unspecified atom stereocenters. The third-order valence-electron chi connectivity index (χ3n) is 2.72. The molecule has 0 spiro atoms. The van der Waals surface area contributed by atoms with Crippen molar-refractivity contribution in [1.29, 1.82) is 0 Å². The van der Waals surface area contributed by atoms with Crippen molar-refractivity contribution >= 4 is 12.0 Å². The Hall–Kier alpha value is -2.05. The fourth-order valence-corrected chi connectivity index (χ4v) is 2.03. The van der Waals surface area contributed by atoms with Gasteiger partial charge in [-0.25, -0.2) is 4.79 Å². The van der Waals surface area contributed by atoms with E-state index in [1.165, 1.54) is 0 Å². The minimum Gasteiger partial charge on any atom is -0.481 e. The number of carbonyl (C=O) groups is 2. The Balaban J connectivity index is 2.49. The zero-order valence-corrected chi connectivity index (χ0v) is 12.9. The topological polar surface area (TPSA) is 104 Å². The first kappa shape index (κ1) is 17.0. The van der Waals surface area contributed by atoms with E-state index in [-0.39, 0.29) is 18.4 Å². The normalized spacial score (nSPS) is 12.8. The van der Waals surface area contributed by atoms with Crippen molar-refractivity contribution in [3.63, 3.8) is 0 Å². The van der Waals surface area contributed by atoms with Crippen LogP contribution in [0.3, 0.4) is 0 Å². The Kier molecular flexibility index (Phi) is 5.75. The van der Waals surface area contributed by atoms with Gasteiger partial charge in [-0.15, -0.1) is 0 Å². The lowest BCUT2D eigenvalue weighted by molar-refractivity contribution is -0.137. The average molecular weight is 297 g/mol. The molecule has 21 heavy (non-hydrogen) atoms. The predicted molar refractivity (Wildman–Crippen MR) is 76.7 cm³/mol. The van der Waals surface area contributed by atoms with Crippen LogP contribution in [0.25, 0.3) is 0 Å². The number of hydrogen-bond donors (Lipinski definition) is 3. The Morgan fingerprint density at radius 1 is 1.43 bits per heavy atom. The molecule has 2 amide bonds. The number of aliphatic carboxylic acids is 1. The third-order valence-corrected chi connectivity index (χ3v) is 2.72. The molecule has 0 radical (unpaired) electrons.